The Balaban J connectivity index is 0.000000640. The summed E-state index contributed by atoms with van der Waals surface area (Å²) in [5.74, 6) is 2.22. The van der Waals surface area contributed by atoms with E-state index in [1.807, 2.05) is 30.3 Å². The van der Waals surface area contributed by atoms with Crippen molar-refractivity contribution in [3.63, 3.8) is 0 Å². The molecule has 2 aromatic heterocycles. The Morgan fingerprint density at radius 3 is 2.09 bits per heavy atom. The molecule has 54 heavy (non-hydrogen) atoms. The normalized spacial score (nSPS) is 10.7. The first-order valence-corrected chi connectivity index (χ1v) is 21.4. The smallest absolute Gasteiger partial charge is 0.685 e. The van der Waals surface area contributed by atoms with Crippen LogP contribution in [0.2, 0.25) is 5.02 Å². The Labute approximate surface area is 361 Å². The van der Waals surface area contributed by atoms with Gasteiger partial charge >= 0.3 is 31.1 Å². The van der Waals surface area contributed by atoms with Gasteiger partial charge in [-0.3, -0.25) is 0 Å². The first kappa shape index (κ1) is 43.8. The zero-order chi connectivity index (χ0) is 37.6. The van der Waals surface area contributed by atoms with Crippen molar-refractivity contribution in [2.24, 2.45) is 0 Å². The van der Waals surface area contributed by atoms with E-state index < -0.39 is 0 Å². The summed E-state index contributed by atoms with van der Waals surface area (Å²) in [4.78, 5) is 2.54. The third-order valence-electron chi connectivity index (χ3n) is 8.64. The molecule has 0 fully saturated rings. The predicted molar refractivity (Wildman–Crippen MR) is 238 cm³/mol. The van der Waals surface area contributed by atoms with E-state index in [9.17, 15) is 0 Å². The zero-order valence-corrected chi connectivity index (χ0v) is 39.4. The molecule has 0 amide bonds. The summed E-state index contributed by atoms with van der Waals surface area (Å²) in [7, 11) is 1.21. The fraction of sp³-hybridized carbons (Fsp3) is 0.250. The molecule has 2 N–H and O–H groups in total. The molecule has 6 rings (SSSR count). The number of halogens is 1. The van der Waals surface area contributed by atoms with Crippen molar-refractivity contribution in [2.75, 3.05) is 35.9 Å². The van der Waals surface area contributed by atoms with Gasteiger partial charge in [0.2, 0.25) is 0 Å². The van der Waals surface area contributed by atoms with E-state index in [-0.39, 0.29) is 31.1 Å². The summed E-state index contributed by atoms with van der Waals surface area (Å²) in [5, 5.41) is 13.8. The van der Waals surface area contributed by atoms with Crippen LogP contribution in [0.4, 0.5) is 22.5 Å². The average Bonchev–Trinajstić information content (AvgIpc) is 3.46. The second-order valence-corrected chi connectivity index (χ2v) is 16.0. The molecule has 0 saturated carbocycles. The number of rotatable bonds is 15. The number of aromatic nitrogens is 1. The van der Waals surface area contributed by atoms with Gasteiger partial charge in [-0.2, -0.15) is 0 Å². The van der Waals surface area contributed by atoms with Crippen molar-refractivity contribution >= 4 is 66.0 Å². The Hall–Kier alpha value is -2.95. The fourth-order valence-corrected chi connectivity index (χ4v) is 8.09. The summed E-state index contributed by atoms with van der Waals surface area (Å²) in [6.07, 6.45) is 3.21. The van der Waals surface area contributed by atoms with Gasteiger partial charge in [-0.1, -0.05) is 85.3 Å². The van der Waals surface area contributed by atoms with Gasteiger partial charge in [-0.05, 0) is 132 Å². The van der Waals surface area contributed by atoms with Crippen molar-refractivity contribution in [3.05, 3.63) is 148 Å². The minimum atomic E-state index is 0. The maximum Gasteiger partial charge on any atom is 2.00 e. The topological polar surface area (TPSA) is 57.2 Å². The van der Waals surface area contributed by atoms with Crippen molar-refractivity contribution in [3.8, 4) is 22.4 Å². The number of hydrogen-bond donors (Lipinski definition) is 2. The molecule has 6 aromatic rings. The number of thioether (sulfide) groups is 1. The minimum Gasteiger partial charge on any atom is -0.685 e. The summed E-state index contributed by atoms with van der Waals surface area (Å²) in [5.41, 5.74) is 11.6. The summed E-state index contributed by atoms with van der Waals surface area (Å²) in [6.45, 7) is 13.4. The SMILES string of the molecule is CCCNc1ccc(SNc2ccc([N-]CC[N-]c3cccc(-c4c(C)c(C)n(C(C)C)c4-c4ccc(Cl)cc4)c3)cc2)cp1.CSc1ccccc1.[U+2]. The largest absolute Gasteiger partial charge is 2.00 e. The molecule has 0 aliphatic rings. The average molecular weight is 1020 g/mol. The molecule has 0 unspecified atom stereocenters. The Kier molecular flexibility index (Phi) is 18.3. The number of nitrogens with zero attached hydrogens (tertiary/aromatic N) is 3. The van der Waals surface area contributed by atoms with Crippen molar-refractivity contribution in [1.29, 1.82) is 0 Å². The first-order chi connectivity index (χ1) is 25.8. The second-order valence-electron chi connectivity index (χ2n) is 12.8. The third kappa shape index (κ3) is 12.5. The first-order valence-electron chi connectivity index (χ1n) is 18.0. The Morgan fingerprint density at radius 1 is 0.778 bits per heavy atom. The van der Waals surface area contributed by atoms with Gasteiger partial charge in [0.1, 0.15) is 0 Å². The molecule has 0 aliphatic heterocycles. The maximum atomic E-state index is 6.24. The number of nitrogens with one attached hydrogen (secondary N) is 2. The van der Waals surface area contributed by atoms with Crippen LogP contribution in [0.25, 0.3) is 33.0 Å². The van der Waals surface area contributed by atoms with Gasteiger partial charge in [0, 0.05) is 44.3 Å². The summed E-state index contributed by atoms with van der Waals surface area (Å²) >= 11 is 9.64. The van der Waals surface area contributed by atoms with Crippen molar-refractivity contribution in [1.82, 2.24) is 4.57 Å². The third-order valence-corrected chi connectivity index (χ3v) is 11.6. The molecule has 278 valence electrons. The number of anilines is 2. The molecule has 0 spiro atoms. The second kappa shape index (κ2) is 22.6. The molecule has 0 atom stereocenters. The fourth-order valence-electron chi connectivity index (χ4n) is 5.94. The predicted octanol–water partition coefficient (Wildman–Crippen LogP) is 15.3. The van der Waals surface area contributed by atoms with Gasteiger partial charge in [-0.25, -0.2) is 0 Å². The van der Waals surface area contributed by atoms with Gasteiger partial charge in [0.25, 0.3) is 0 Å². The Morgan fingerprint density at radius 2 is 1.48 bits per heavy atom. The Bertz CT molecular complexity index is 2010. The van der Waals surface area contributed by atoms with Crippen molar-refractivity contribution in [2.45, 2.75) is 56.9 Å². The van der Waals surface area contributed by atoms with E-state index in [0.717, 1.165) is 40.6 Å². The molecule has 5 nitrogen and oxygen atoms in total. The van der Waals surface area contributed by atoms with Crippen LogP contribution in [-0.2, 0) is 0 Å². The van der Waals surface area contributed by atoms with E-state index in [0.29, 0.717) is 19.1 Å². The van der Waals surface area contributed by atoms with Gasteiger partial charge in [0.15, 0.2) is 0 Å². The molecule has 0 aliphatic carbocycles. The van der Waals surface area contributed by atoms with E-state index in [1.54, 1.807) is 23.7 Å². The van der Waals surface area contributed by atoms with Crippen LogP contribution in [0.1, 0.15) is 44.5 Å². The molecule has 4 aromatic carbocycles. The van der Waals surface area contributed by atoms with Crippen LogP contribution in [0.3, 0.4) is 0 Å². The maximum absolute atomic E-state index is 6.24. The van der Waals surface area contributed by atoms with Gasteiger partial charge in [0.05, 0.1) is 11.1 Å². The standard InChI is InChI=1S/C37H41ClN5PS.C7H8S.U/c1-6-20-41-35-19-18-34(24-44-35)45-42-32-16-14-31(15-17-32)39-21-22-40-33-9-7-8-29(23-33)36-26(4)27(5)43(25(2)3)37(36)28-10-12-30(38)13-11-28;1-8-7-5-3-2-4-6-7;/h7-19,23-25,41-42H,6,20-22H2,1-5H3;2-6H,1H3;/q-2;;+2. The molecule has 2 heterocycles. The number of hydrogen-bond acceptors (Lipinski definition) is 4. The van der Waals surface area contributed by atoms with Crippen LogP contribution in [0.5, 0.6) is 0 Å². The van der Waals surface area contributed by atoms with Crippen LogP contribution in [0, 0.1) is 45.0 Å². The van der Waals surface area contributed by atoms with Crippen LogP contribution < -0.4 is 10.0 Å². The van der Waals surface area contributed by atoms with Crippen LogP contribution in [0.15, 0.2) is 131 Å². The van der Waals surface area contributed by atoms with Gasteiger partial charge < -0.3 is 25.2 Å². The van der Waals surface area contributed by atoms with Crippen LogP contribution in [-0.4, -0.2) is 30.5 Å². The minimum absolute atomic E-state index is 0. The molecular weight excluding hydrogens is 967 g/mol. The molecule has 0 bridgehead atoms. The monoisotopic (exact) mass is 1020 g/mol. The quantitative estimate of drug-likeness (QED) is 0.0611. The van der Waals surface area contributed by atoms with Crippen molar-refractivity contribution < 1.29 is 31.1 Å². The number of benzene rings is 4. The van der Waals surface area contributed by atoms with E-state index in [4.69, 9.17) is 22.2 Å². The summed E-state index contributed by atoms with van der Waals surface area (Å²) < 4.78 is 5.87. The molecular formula is C44H49ClN5PS2U. The molecule has 0 radical (unpaired) electrons. The van der Waals surface area contributed by atoms with Crippen LogP contribution >= 0.6 is 43.5 Å². The van der Waals surface area contributed by atoms with Gasteiger partial charge in [-0.15, -0.1) is 36.2 Å². The molecule has 0 saturated heterocycles. The molecule has 10 heteroatoms. The van der Waals surface area contributed by atoms with E-state index in [1.165, 1.54) is 51.5 Å². The van der Waals surface area contributed by atoms with E-state index in [2.05, 4.69) is 146 Å². The van der Waals surface area contributed by atoms with E-state index >= 15 is 0 Å². The zero-order valence-electron chi connectivity index (χ0n) is 31.9. The summed E-state index contributed by atoms with van der Waals surface area (Å²) in [6, 6.07) is 39.9.